The molecule has 27 heavy (non-hydrogen) atoms. The first-order chi connectivity index (χ1) is 13.1. The third kappa shape index (κ3) is 3.20. The molecule has 0 radical (unpaired) electrons. The van der Waals surface area contributed by atoms with Crippen molar-refractivity contribution < 1.29 is 4.92 Å². The number of nitro benzene ring substituents is 1. The van der Waals surface area contributed by atoms with Crippen molar-refractivity contribution in [2.45, 2.75) is 0 Å². The molecule has 0 amide bonds. The van der Waals surface area contributed by atoms with Crippen molar-refractivity contribution in [3.05, 3.63) is 71.8 Å². The maximum atomic E-state index is 10.8. The van der Waals surface area contributed by atoms with Gasteiger partial charge in [-0.05, 0) is 12.1 Å². The van der Waals surface area contributed by atoms with Crippen LogP contribution >= 0.6 is 0 Å². The second-order valence-corrected chi connectivity index (χ2v) is 5.51. The van der Waals surface area contributed by atoms with E-state index in [2.05, 4.69) is 24.9 Å². The number of non-ortho nitro benzene ring substituents is 1. The van der Waals surface area contributed by atoms with Crippen LogP contribution in [0.15, 0.2) is 61.7 Å². The number of benzene rings is 1. The van der Waals surface area contributed by atoms with E-state index in [9.17, 15) is 10.1 Å². The number of nitrogens with zero attached hydrogens (tertiary/aromatic N) is 9. The molecule has 0 unspecified atom stereocenters. The fourth-order valence-corrected chi connectivity index (χ4v) is 2.39. The summed E-state index contributed by atoms with van der Waals surface area (Å²) in [5, 5.41) is 10.8. The lowest BCUT2D eigenvalue weighted by molar-refractivity contribution is -0.384. The highest BCUT2D eigenvalue weighted by Gasteiger charge is 2.15. The Hall–Kier alpha value is -4.15. The van der Waals surface area contributed by atoms with E-state index in [1.54, 1.807) is 70.7 Å². The summed E-state index contributed by atoms with van der Waals surface area (Å²) in [6, 6.07) is 6.13. The number of anilines is 2. The lowest BCUT2D eigenvalue weighted by Gasteiger charge is -2.18. The minimum atomic E-state index is -0.443. The molecule has 0 bridgehead atoms. The summed E-state index contributed by atoms with van der Waals surface area (Å²) in [5.41, 5.74) is 0.709. The first-order valence-electron chi connectivity index (χ1n) is 7.83. The Morgan fingerprint density at radius 1 is 0.926 bits per heavy atom. The topological polar surface area (TPSA) is 121 Å². The minimum Gasteiger partial charge on any atom is -0.313 e. The van der Waals surface area contributed by atoms with Crippen molar-refractivity contribution in [1.82, 2.24) is 34.1 Å². The third-order valence-corrected chi connectivity index (χ3v) is 3.82. The Morgan fingerprint density at radius 3 is 1.93 bits per heavy atom. The molecule has 11 heteroatoms. The van der Waals surface area contributed by atoms with Crippen LogP contribution in [0.5, 0.6) is 0 Å². The van der Waals surface area contributed by atoms with Crippen LogP contribution in [-0.4, -0.2) is 46.0 Å². The second-order valence-electron chi connectivity index (χ2n) is 5.51. The molecule has 3 heterocycles. The SMILES string of the molecule is CN(c1ccc([N+](=O)[O-])cc1)c1nc(-n2ccnc2)nc(-n2ccnc2)n1. The predicted octanol–water partition coefficient (Wildman–Crippen LogP) is 1.92. The van der Waals surface area contributed by atoms with Gasteiger partial charge < -0.3 is 4.90 Å². The normalized spacial score (nSPS) is 10.7. The van der Waals surface area contributed by atoms with Crippen molar-refractivity contribution in [3.63, 3.8) is 0 Å². The van der Waals surface area contributed by atoms with Crippen LogP contribution in [0.4, 0.5) is 17.3 Å². The molecule has 0 aliphatic heterocycles. The van der Waals surface area contributed by atoms with E-state index >= 15 is 0 Å². The van der Waals surface area contributed by atoms with E-state index < -0.39 is 4.92 Å². The van der Waals surface area contributed by atoms with Gasteiger partial charge in [0.15, 0.2) is 0 Å². The summed E-state index contributed by atoms with van der Waals surface area (Å²) >= 11 is 0. The molecule has 4 aromatic rings. The lowest BCUT2D eigenvalue weighted by Crippen LogP contribution is -2.17. The number of aromatic nitrogens is 7. The van der Waals surface area contributed by atoms with Gasteiger partial charge in [-0.15, -0.1) is 0 Å². The first kappa shape index (κ1) is 16.3. The molecule has 0 saturated heterocycles. The van der Waals surface area contributed by atoms with Crippen molar-refractivity contribution in [2.75, 3.05) is 11.9 Å². The summed E-state index contributed by atoms with van der Waals surface area (Å²) < 4.78 is 3.32. The quantitative estimate of drug-likeness (QED) is 0.389. The Kier molecular flexibility index (Phi) is 4.01. The largest absolute Gasteiger partial charge is 0.313 e. The van der Waals surface area contributed by atoms with Crippen LogP contribution in [0.2, 0.25) is 0 Å². The zero-order valence-corrected chi connectivity index (χ0v) is 14.1. The number of rotatable bonds is 5. The van der Waals surface area contributed by atoms with Crippen LogP contribution in [0.1, 0.15) is 0 Å². The monoisotopic (exact) mass is 363 g/mol. The Labute approximate surface area is 152 Å². The van der Waals surface area contributed by atoms with Gasteiger partial charge in [0.25, 0.3) is 5.69 Å². The Balaban J connectivity index is 1.77. The molecule has 4 rings (SSSR count). The Bertz CT molecular complexity index is 1010. The molecule has 0 N–H and O–H groups in total. The summed E-state index contributed by atoms with van der Waals surface area (Å²) in [6.45, 7) is 0. The molecule has 0 atom stereocenters. The molecule has 3 aromatic heterocycles. The third-order valence-electron chi connectivity index (χ3n) is 3.82. The van der Waals surface area contributed by atoms with Crippen LogP contribution in [0, 0.1) is 10.1 Å². The Morgan fingerprint density at radius 2 is 1.48 bits per heavy atom. The predicted molar refractivity (Wildman–Crippen MR) is 95.2 cm³/mol. The van der Waals surface area contributed by atoms with Crippen LogP contribution in [-0.2, 0) is 0 Å². The molecule has 134 valence electrons. The average molecular weight is 363 g/mol. The van der Waals surface area contributed by atoms with E-state index in [4.69, 9.17) is 0 Å². The molecule has 1 aromatic carbocycles. The van der Waals surface area contributed by atoms with Crippen molar-refractivity contribution in [1.29, 1.82) is 0 Å². The van der Waals surface area contributed by atoms with E-state index in [1.807, 2.05) is 0 Å². The van der Waals surface area contributed by atoms with Crippen molar-refractivity contribution >= 4 is 17.3 Å². The van der Waals surface area contributed by atoms with Gasteiger partial charge in [-0.3, -0.25) is 19.2 Å². The number of imidazole rings is 2. The van der Waals surface area contributed by atoms with E-state index in [0.29, 0.717) is 23.5 Å². The molecule has 0 fully saturated rings. The summed E-state index contributed by atoms with van der Waals surface area (Å²) in [4.78, 5) is 33.5. The summed E-state index contributed by atoms with van der Waals surface area (Å²) in [7, 11) is 1.77. The number of hydrogen-bond acceptors (Lipinski definition) is 8. The average Bonchev–Trinajstić information content (AvgIpc) is 3.41. The smallest absolute Gasteiger partial charge is 0.269 e. The first-order valence-corrected chi connectivity index (χ1v) is 7.83. The van der Waals surface area contributed by atoms with Crippen LogP contribution < -0.4 is 4.90 Å². The fourth-order valence-electron chi connectivity index (χ4n) is 2.39. The lowest BCUT2D eigenvalue weighted by atomic mass is 10.3. The van der Waals surface area contributed by atoms with Gasteiger partial charge in [0, 0.05) is 49.7 Å². The second kappa shape index (κ2) is 6.63. The van der Waals surface area contributed by atoms with Gasteiger partial charge >= 0.3 is 0 Å². The van der Waals surface area contributed by atoms with Crippen molar-refractivity contribution in [2.24, 2.45) is 0 Å². The molecule has 11 nitrogen and oxygen atoms in total. The van der Waals surface area contributed by atoms with E-state index in [-0.39, 0.29) is 5.69 Å². The van der Waals surface area contributed by atoms with Gasteiger partial charge in [0.05, 0.1) is 4.92 Å². The highest BCUT2D eigenvalue weighted by atomic mass is 16.6. The number of nitro groups is 1. The van der Waals surface area contributed by atoms with Gasteiger partial charge in [0.1, 0.15) is 12.7 Å². The highest BCUT2D eigenvalue weighted by molar-refractivity contribution is 5.59. The minimum absolute atomic E-state index is 0.0148. The maximum absolute atomic E-state index is 10.8. The number of hydrogen-bond donors (Lipinski definition) is 0. The molecular formula is C16H13N9O2. The zero-order chi connectivity index (χ0) is 18.8. The maximum Gasteiger partial charge on any atom is 0.269 e. The van der Waals surface area contributed by atoms with Crippen LogP contribution in [0.3, 0.4) is 0 Å². The molecule has 0 saturated carbocycles. The summed E-state index contributed by atoms with van der Waals surface area (Å²) in [6.07, 6.45) is 9.87. The molecular weight excluding hydrogens is 350 g/mol. The molecule has 0 aliphatic carbocycles. The van der Waals surface area contributed by atoms with E-state index in [0.717, 1.165) is 0 Å². The van der Waals surface area contributed by atoms with Gasteiger partial charge in [-0.1, -0.05) is 0 Å². The van der Waals surface area contributed by atoms with Gasteiger partial charge in [-0.25, -0.2) is 9.97 Å². The highest BCUT2D eigenvalue weighted by Crippen LogP contribution is 2.24. The zero-order valence-electron chi connectivity index (χ0n) is 14.1. The van der Waals surface area contributed by atoms with Gasteiger partial charge in [-0.2, -0.15) is 15.0 Å². The standard InChI is InChI=1S/C16H13N9O2/c1-22(12-2-4-13(5-3-12)25(26)27)14-19-15(23-8-6-17-10-23)21-16(20-14)24-9-7-18-11-24/h2-11H,1H3. The molecule has 0 spiro atoms. The summed E-state index contributed by atoms with van der Waals surface area (Å²) in [5.74, 6) is 1.14. The van der Waals surface area contributed by atoms with Gasteiger partial charge in [0.2, 0.25) is 17.8 Å². The van der Waals surface area contributed by atoms with Crippen molar-refractivity contribution in [3.8, 4) is 11.9 Å². The molecule has 0 aliphatic rings. The van der Waals surface area contributed by atoms with Crippen LogP contribution in [0.25, 0.3) is 11.9 Å². The fraction of sp³-hybridized carbons (Fsp3) is 0.0625. The van der Waals surface area contributed by atoms with E-state index in [1.165, 1.54) is 12.1 Å².